The highest BCUT2D eigenvalue weighted by molar-refractivity contribution is 7.98. The monoisotopic (exact) mass is 184 g/mol. The molecule has 5 heteroatoms. The highest BCUT2D eigenvalue weighted by Gasteiger charge is 2.05. The van der Waals surface area contributed by atoms with Gasteiger partial charge in [0.05, 0.1) is 0 Å². The lowest BCUT2D eigenvalue weighted by molar-refractivity contribution is 0.966. The number of rotatable bonds is 2. The molecule has 0 unspecified atom stereocenters. The van der Waals surface area contributed by atoms with Crippen LogP contribution in [0.15, 0.2) is 5.16 Å². The zero-order chi connectivity index (χ0) is 9.14. The van der Waals surface area contributed by atoms with Gasteiger partial charge in [-0.05, 0) is 13.2 Å². The molecule has 0 fully saturated rings. The maximum Gasteiger partial charge on any atom is 0.191 e. The fourth-order valence-corrected chi connectivity index (χ4v) is 1.22. The molecule has 0 saturated carbocycles. The van der Waals surface area contributed by atoms with Gasteiger partial charge in [0.1, 0.15) is 11.6 Å². The number of hydrogen-bond donors (Lipinski definition) is 2. The van der Waals surface area contributed by atoms with Gasteiger partial charge in [0, 0.05) is 12.6 Å². The second kappa shape index (κ2) is 3.62. The Bertz CT molecular complexity index is 287. The maximum absolute atomic E-state index is 5.67. The Hall–Kier alpha value is -0.970. The van der Waals surface area contributed by atoms with E-state index in [0.717, 1.165) is 11.4 Å². The average Bonchev–Trinajstić information content (AvgIpc) is 2.09. The molecular formula is C7H12N4S. The smallest absolute Gasteiger partial charge is 0.191 e. The van der Waals surface area contributed by atoms with Gasteiger partial charge in [-0.3, -0.25) is 0 Å². The predicted molar refractivity (Wildman–Crippen MR) is 52.5 cm³/mol. The van der Waals surface area contributed by atoms with E-state index in [0.29, 0.717) is 11.0 Å². The predicted octanol–water partition coefficient (Wildman–Crippen LogP) is 1.13. The zero-order valence-corrected chi connectivity index (χ0v) is 8.20. The average molecular weight is 184 g/mol. The van der Waals surface area contributed by atoms with Crippen LogP contribution in [0.1, 0.15) is 5.56 Å². The number of anilines is 2. The first kappa shape index (κ1) is 9.12. The molecule has 1 aromatic heterocycles. The van der Waals surface area contributed by atoms with Gasteiger partial charge in [0.25, 0.3) is 0 Å². The molecule has 0 spiro atoms. The zero-order valence-electron chi connectivity index (χ0n) is 7.38. The number of aromatic nitrogens is 2. The van der Waals surface area contributed by atoms with E-state index in [2.05, 4.69) is 15.3 Å². The first-order valence-electron chi connectivity index (χ1n) is 3.55. The fourth-order valence-electron chi connectivity index (χ4n) is 0.847. The van der Waals surface area contributed by atoms with Gasteiger partial charge >= 0.3 is 0 Å². The van der Waals surface area contributed by atoms with Crippen molar-refractivity contribution in [3.8, 4) is 0 Å². The molecule has 66 valence electrons. The van der Waals surface area contributed by atoms with Gasteiger partial charge in [-0.1, -0.05) is 11.8 Å². The van der Waals surface area contributed by atoms with Crippen LogP contribution in [0.2, 0.25) is 0 Å². The third-order valence-electron chi connectivity index (χ3n) is 1.58. The van der Waals surface area contributed by atoms with Crippen molar-refractivity contribution >= 4 is 23.4 Å². The molecule has 0 bridgehead atoms. The summed E-state index contributed by atoms with van der Waals surface area (Å²) in [6.45, 7) is 1.89. The molecule has 0 amide bonds. The van der Waals surface area contributed by atoms with Crippen LogP contribution in [0.4, 0.5) is 11.6 Å². The molecule has 3 N–H and O–H groups in total. The topological polar surface area (TPSA) is 63.8 Å². The Kier molecular flexibility index (Phi) is 2.75. The summed E-state index contributed by atoms with van der Waals surface area (Å²) in [5, 5.41) is 3.66. The van der Waals surface area contributed by atoms with Gasteiger partial charge in [-0.2, -0.15) is 0 Å². The summed E-state index contributed by atoms with van der Waals surface area (Å²) in [4.78, 5) is 8.32. The number of nitrogens with zero attached hydrogens (tertiary/aromatic N) is 2. The van der Waals surface area contributed by atoms with Crippen molar-refractivity contribution in [2.45, 2.75) is 12.1 Å². The van der Waals surface area contributed by atoms with E-state index in [1.165, 1.54) is 11.8 Å². The molecule has 0 aliphatic heterocycles. The van der Waals surface area contributed by atoms with Crippen LogP contribution in [-0.2, 0) is 0 Å². The summed E-state index contributed by atoms with van der Waals surface area (Å²) >= 11 is 1.48. The normalized spacial score (nSPS) is 9.92. The van der Waals surface area contributed by atoms with Crippen molar-refractivity contribution in [3.05, 3.63) is 5.56 Å². The highest BCUT2D eigenvalue weighted by Crippen LogP contribution is 2.20. The van der Waals surface area contributed by atoms with Crippen LogP contribution in [-0.4, -0.2) is 23.3 Å². The maximum atomic E-state index is 5.67. The Labute approximate surface area is 76.0 Å². The van der Waals surface area contributed by atoms with Crippen LogP contribution in [0.3, 0.4) is 0 Å². The second-order valence-electron chi connectivity index (χ2n) is 2.32. The Morgan fingerprint density at radius 3 is 2.58 bits per heavy atom. The molecule has 4 nitrogen and oxygen atoms in total. The van der Waals surface area contributed by atoms with Crippen molar-refractivity contribution in [1.82, 2.24) is 9.97 Å². The van der Waals surface area contributed by atoms with Gasteiger partial charge in [0.15, 0.2) is 5.16 Å². The summed E-state index contributed by atoms with van der Waals surface area (Å²) in [6.07, 6.45) is 1.92. The summed E-state index contributed by atoms with van der Waals surface area (Å²) in [6, 6.07) is 0. The van der Waals surface area contributed by atoms with Crippen molar-refractivity contribution in [3.63, 3.8) is 0 Å². The standard InChI is InChI=1S/C7H12N4S/c1-4-5(8)10-7(12-3)11-6(4)9-2/h1-3H3,(H3,8,9,10,11). The van der Waals surface area contributed by atoms with Crippen LogP contribution in [0.25, 0.3) is 0 Å². The van der Waals surface area contributed by atoms with Gasteiger partial charge in [0.2, 0.25) is 0 Å². The minimum Gasteiger partial charge on any atom is -0.383 e. The second-order valence-corrected chi connectivity index (χ2v) is 3.09. The molecule has 12 heavy (non-hydrogen) atoms. The molecule has 0 aliphatic rings. The Morgan fingerprint density at radius 2 is 2.08 bits per heavy atom. The SMILES string of the molecule is CNc1nc(SC)nc(N)c1C. The molecule has 0 aliphatic carbocycles. The minimum atomic E-state index is 0.540. The largest absolute Gasteiger partial charge is 0.383 e. The first-order valence-corrected chi connectivity index (χ1v) is 4.77. The van der Waals surface area contributed by atoms with E-state index in [1.54, 1.807) is 0 Å². The first-order chi connectivity index (χ1) is 5.69. The van der Waals surface area contributed by atoms with E-state index in [-0.39, 0.29) is 0 Å². The summed E-state index contributed by atoms with van der Waals surface area (Å²) in [5.74, 6) is 1.34. The Balaban J connectivity index is 3.19. The van der Waals surface area contributed by atoms with E-state index < -0.39 is 0 Å². The van der Waals surface area contributed by atoms with Gasteiger partial charge in [-0.15, -0.1) is 0 Å². The van der Waals surface area contributed by atoms with E-state index >= 15 is 0 Å². The minimum absolute atomic E-state index is 0.540. The quantitative estimate of drug-likeness (QED) is 0.533. The molecule has 0 saturated heterocycles. The lowest BCUT2D eigenvalue weighted by atomic mass is 10.3. The molecular weight excluding hydrogens is 172 g/mol. The molecule has 1 heterocycles. The van der Waals surface area contributed by atoms with Crippen molar-refractivity contribution in [1.29, 1.82) is 0 Å². The van der Waals surface area contributed by atoms with E-state index in [9.17, 15) is 0 Å². The summed E-state index contributed by atoms with van der Waals surface area (Å²) in [5.41, 5.74) is 6.57. The van der Waals surface area contributed by atoms with Crippen LogP contribution >= 0.6 is 11.8 Å². The third kappa shape index (κ3) is 1.61. The van der Waals surface area contributed by atoms with E-state index in [1.807, 2.05) is 20.2 Å². The third-order valence-corrected chi connectivity index (χ3v) is 2.13. The van der Waals surface area contributed by atoms with Gasteiger partial charge in [-0.25, -0.2) is 9.97 Å². The van der Waals surface area contributed by atoms with Crippen molar-refractivity contribution in [2.75, 3.05) is 24.4 Å². The Morgan fingerprint density at radius 1 is 1.42 bits per heavy atom. The van der Waals surface area contributed by atoms with Crippen molar-refractivity contribution in [2.24, 2.45) is 0 Å². The summed E-state index contributed by atoms with van der Waals surface area (Å²) in [7, 11) is 1.82. The number of nitrogens with two attached hydrogens (primary N) is 1. The molecule has 1 rings (SSSR count). The number of thioether (sulfide) groups is 1. The lowest BCUT2D eigenvalue weighted by Crippen LogP contribution is -2.03. The number of nitrogens with one attached hydrogen (secondary N) is 1. The lowest BCUT2D eigenvalue weighted by Gasteiger charge is -2.07. The number of hydrogen-bond acceptors (Lipinski definition) is 5. The molecule has 0 radical (unpaired) electrons. The van der Waals surface area contributed by atoms with Crippen molar-refractivity contribution < 1.29 is 0 Å². The summed E-state index contributed by atoms with van der Waals surface area (Å²) < 4.78 is 0. The van der Waals surface area contributed by atoms with Gasteiger partial charge < -0.3 is 11.1 Å². The molecule has 0 atom stereocenters. The van der Waals surface area contributed by atoms with Crippen LogP contribution in [0, 0.1) is 6.92 Å². The highest BCUT2D eigenvalue weighted by atomic mass is 32.2. The molecule has 0 aromatic carbocycles. The number of nitrogen functional groups attached to an aromatic ring is 1. The van der Waals surface area contributed by atoms with Crippen LogP contribution < -0.4 is 11.1 Å². The van der Waals surface area contributed by atoms with E-state index in [4.69, 9.17) is 5.73 Å². The molecule has 1 aromatic rings. The fraction of sp³-hybridized carbons (Fsp3) is 0.429. The van der Waals surface area contributed by atoms with Crippen LogP contribution in [0.5, 0.6) is 0 Å².